The van der Waals surface area contributed by atoms with Gasteiger partial charge >= 0.3 is 0 Å². The van der Waals surface area contributed by atoms with E-state index in [0.29, 0.717) is 0 Å². The first-order valence-electron chi connectivity index (χ1n) is 15.2. The van der Waals surface area contributed by atoms with E-state index in [1.54, 1.807) is 0 Å². The van der Waals surface area contributed by atoms with Crippen molar-refractivity contribution in [1.29, 1.82) is 0 Å². The molecule has 0 saturated carbocycles. The summed E-state index contributed by atoms with van der Waals surface area (Å²) in [5.41, 5.74) is 11.2. The van der Waals surface area contributed by atoms with Gasteiger partial charge in [0.25, 0.3) is 0 Å². The second-order valence-corrected chi connectivity index (χ2v) is 11.8. The number of anilines is 3. The number of aromatic nitrogens is 4. The van der Waals surface area contributed by atoms with E-state index < -0.39 is 0 Å². The van der Waals surface area contributed by atoms with Crippen molar-refractivity contribution in [2.24, 2.45) is 0 Å². The molecular weight excluding hydrogens is 550 g/mol. The Hall–Kier alpha value is -5.81. The van der Waals surface area contributed by atoms with Crippen LogP contribution in [-0.4, -0.2) is 19.5 Å². The van der Waals surface area contributed by atoms with Gasteiger partial charge in [0.05, 0.1) is 22.8 Å². The normalized spacial score (nSPS) is 13.2. The molecule has 0 saturated heterocycles. The predicted molar refractivity (Wildman–Crippen MR) is 182 cm³/mol. The molecule has 7 aromatic rings. The number of rotatable bonds is 5. The van der Waals surface area contributed by atoms with E-state index in [2.05, 4.69) is 120 Å². The standard InChI is InChI=1S/C40H31N5/c1-40(2)31-19-6-8-23-35(31)44(36-24-9-7-20-32(36)40)30-18-14-15-28(27-30)39-43-37(33-21-10-12-25-41-33)38(34-22-11-13-26-42-34)45(39)29-16-4-3-5-17-29/h3-27H,1-2H3. The number of imidazole rings is 1. The van der Waals surface area contributed by atoms with E-state index in [9.17, 15) is 0 Å². The van der Waals surface area contributed by atoms with Crippen molar-refractivity contribution >= 4 is 17.1 Å². The maximum absolute atomic E-state index is 5.34. The summed E-state index contributed by atoms with van der Waals surface area (Å²) in [7, 11) is 0. The summed E-state index contributed by atoms with van der Waals surface area (Å²) in [5.74, 6) is 0.822. The van der Waals surface area contributed by atoms with Gasteiger partial charge in [-0.25, -0.2) is 4.98 Å². The smallest absolute Gasteiger partial charge is 0.145 e. The van der Waals surface area contributed by atoms with Gasteiger partial charge in [0.1, 0.15) is 17.2 Å². The maximum Gasteiger partial charge on any atom is 0.145 e. The Morgan fingerprint density at radius 1 is 0.533 bits per heavy atom. The van der Waals surface area contributed by atoms with Gasteiger partial charge in [-0.15, -0.1) is 0 Å². The third-order valence-electron chi connectivity index (χ3n) is 8.71. The molecule has 8 rings (SSSR count). The van der Waals surface area contributed by atoms with Crippen LogP contribution in [0.15, 0.2) is 152 Å². The number of hydrogen-bond acceptors (Lipinski definition) is 4. The van der Waals surface area contributed by atoms with Gasteiger partial charge in [0.2, 0.25) is 0 Å². The molecule has 1 aliphatic rings. The lowest BCUT2D eigenvalue weighted by Gasteiger charge is -2.42. The molecule has 0 bridgehead atoms. The van der Waals surface area contributed by atoms with Gasteiger partial charge in [-0.05, 0) is 71.8 Å². The molecule has 0 fully saturated rings. The number of fused-ring (bicyclic) bond motifs is 2. The predicted octanol–water partition coefficient (Wildman–Crippen LogP) is 9.77. The Balaban J connectivity index is 1.39. The monoisotopic (exact) mass is 581 g/mol. The van der Waals surface area contributed by atoms with E-state index in [1.807, 2.05) is 54.9 Å². The van der Waals surface area contributed by atoms with E-state index >= 15 is 0 Å². The molecule has 0 radical (unpaired) electrons. The Morgan fingerprint density at radius 3 is 1.76 bits per heavy atom. The van der Waals surface area contributed by atoms with Crippen LogP contribution in [0.1, 0.15) is 25.0 Å². The molecule has 0 unspecified atom stereocenters. The SMILES string of the molecule is CC1(C)c2ccccc2N(c2cccc(-c3nc(-c4ccccn4)c(-c4ccccn4)n3-c3ccccc3)c2)c2ccccc21. The number of para-hydroxylation sites is 3. The van der Waals surface area contributed by atoms with E-state index in [-0.39, 0.29) is 5.41 Å². The zero-order valence-electron chi connectivity index (χ0n) is 25.2. The second-order valence-electron chi connectivity index (χ2n) is 11.8. The lowest BCUT2D eigenvalue weighted by molar-refractivity contribution is 0.632. The summed E-state index contributed by atoms with van der Waals surface area (Å²) in [6.07, 6.45) is 3.64. The number of benzene rings is 4. The Kier molecular flexibility index (Phi) is 6.38. The summed E-state index contributed by atoms with van der Waals surface area (Å²) in [6, 6.07) is 48.5. The first kappa shape index (κ1) is 26.8. The molecule has 0 aliphatic carbocycles. The van der Waals surface area contributed by atoms with E-state index in [0.717, 1.165) is 45.5 Å². The molecular formula is C40H31N5. The average molecular weight is 582 g/mol. The van der Waals surface area contributed by atoms with Gasteiger partial charge in [-0.3, -0.25) is 14.5 Å². The fourth-order valence-electron chi connectivity index (χ4n) is 6.59. The molecule has 45 heavy (non-hydrogen) atoms. The third kappa shape index (κ3) is 4.44. The average Bonchev–Trinajstić information content (AvgIpc) is 3.51. The summed E-state index contributed by atoms with van der Waals surface area (Å²) in [5, 5.41) is 0. The summed E-state index contributed by atoms with van der Waals surface area (Å²) >= 11 is 0. The number of nitrogens with zero attached hydrogens (tertiary/aromatic N) is 5. The Labute approximate surface area is 263 Å². The maximum atomic E-state index is 5.34. The van der Waals surface area contributed by atoms with Crippen LogP contribution in [0.5, 0.6) is 0 Å². The van der Waals surface area contributed by atoms with Gasteiger partial charge < -0.3 is 4.90 Å². The molecule has 0 N–H and O–H groups in total. The fraction of sp³-hybridized carbons (Fsp3) is 0.0750. The van der Waals surface area contributed by atoms with Crippen molar-refractivity contribution in [1.82, 2.24) is 19.5 Å². The largest absolute Gasteiger partial charge is 0.310 e. The topological polar surface area (TPSA) is 46.8 Å². The van der Waals surface area contributed by atoms with Gasteiger partial charge in [-0.2, -0.15) is 0 Å². The second kappa shape index (κ2) is 10.7. The van der Waals surface area contributed by atoms with Gasteiger partial charge in [-0.1, -0.05) is 92.7 Å². The van der Waals surface area contributed by atoms with E-state index in [1.165, 1.54) is 22.5 Å². The summed E-state index contributed by atoms with van der Waals surface area (Å²) in [6.45, 7) is 4.63. The van der Waals surface area contributed by atoms with Crippen LogP contribution in [0.3, 0.4) is 0 Å². The quantitative estimate of drug-likeness (QED) is 0.203. The summed E-state index contributed by atoms with van der Waals surface area (Å²) < 4.78 is 2.21. The number of hydrogen-bond donors (Lipinski definition) is 0. The fourth-order valence-corrected chi connectivity index (χ4v) is 6.59. The first-order valence-corrected chi connectivity index (χ1v) is 15.2. The minimum atomic E-state index is -0.125. The van der Waals surface area contributed by atoms with Crippen molar-refractivity contribution in [3.63, 3.8) is 0 Å². The highest BCUT2D eigenvalue weighted by Gasteiger charge is 2.36. The highest BCUT2D eigenvalue weighted by molar-refractivity contribution is 5.88. The van der Waals surface area contributed by atoms with E-state index in [4.69, 9.17) is 15.0 Å². The molecule has 4 heterocycles. The highest BCUT2D eigenvalue weighted by atomic mass is 15.2. The van der Waals surface area contributed by atoms with Crippen molar-refractivity contribution in [2.45, 2.75) is 19.3 Å². The Bertz CT molecular complexity index is 2080. The minimum Gasteiger partial charge on any atom is -0.310 e. The third-order valence-corrected chi connectivity index (χ3v) is 8.71. The molecule has 0 spiro atoms. The minimum absolute atomic E-state index is 0.125. The van der Waals surface area contributed by atoms with Crippen LogP contribution in [0.25, 0.3) is 39.9 Å². The van der Waals surface area contributed by atoms with Crippen LogP contribution in [0, 0.1) is 0 Å². The molecule has 5 heteroatoms. The number of pyridine rings is 2. The molecule has 0 amide bonds. The molecule has 1 aliphatic heterocycles. The molecule has 5 nitrogen and oxygen atoms in total. The van der Waals surface area contributed by atoms with Crippen molar-refractivity contribution in [3.8, 4) is 39.9 Å². The van der Waals surface area contributed by atoms with Crippen molar-refractivity contribution in [3.05, 3.63) is 163 Å². The molecule has 4 aromatic carbocycles. The Morgan fingerprint density at radius 2 is 1.11 bits per heavy atom. The highest BCUT2D eigenvalue weighted by Crippen LogP contribution is 2.52. The lowest BCUT2D eigenvalue weighted by Crippen LogP contribution is -2.30. The van der Waals surface area contributed by atoms with Crippen LogP contribution < -0.4 is 4.90 Å². The molecule has 216 valence electrons. The van der Waals surface area contributed by atoms with Crippen molar-refractivity contribution in [2.75, 3.05) is 4.90 Å². The molecule has 3 aromatic heterocycles. The van der Waals surface area contributed by atoms with Crippen LogP contribution in [-0.2, 0) is 5.41 Å². The van der Waals surface area contributed by atoms with Crippen molar-refractivity contribution < 1.29 is 0 Å². The summed E-state index contributed by atoms with van der Waals surface area (Å²) in [4.78, 5) is 17.2. The van der Waals surface area contributed by atoms with Crippen LogP contribution >= 0.6 is 0 Å². The zero-order chi connectivity index (χ0) is 30.4. The van der Waals surface area contributed by atoms with Crippen LogP contribution in [0.4, 0.5) is 17.1 Å². The van der Waals surface area contributed by atoms with Gasteiger partial charge in [0.15, 0.2) is 0 Å². The van der Waals surface area contributed by atoms with Crippen LogP contribution in [0.2, 0.25) is 0 Å². The van der Waals surface area contributed by atoms with Gasteiger partial charge in [0, 0.05) is 34.7 Å². The lowest BCUT2D eigenvalue weighted by atomic mass is 9.73. The zero-order valence-corrected chi connectivity index (χ0v) is 25.2. The first-order chi connectivity index (χ1) is 22.1. The molecule has 0 atom stereocenters.